The van der Waals surface area contributed by atoms with Gasteiger partial charge in [0.05, 0.1) is 10.5 Å². The normalized spacial score (nSPS) is 11.7. The van der Waals surface area contributed by atoms with Gasteiger partial charge in [0.25, 0.3) is 6.43 Å². The van der Waals surface area contributed by atoms with E-state index in [1.165, 1.54) is 0 Å². The van der Waals surface area contributed by atoms with Crippen molar-refractivity contribution in [3.05, 3.63) is 32.8 Å². The SMILES string of the molecule is Cn1cc(-c2nnc(C(F)F)s2)c2cc(Br)cc(Cl)c21. The molecule has 0 saturated heterocycles. The first kappa shape index (κ1) is 13.9. The highest BCUT2D eigenvalue weighted by Gasteiger charge is 2.19. The monoisotopic (exact) mass is 377 g/mol. The first-order valence-electron chi connectivity index (χ1n) is 5.53. The van der Waals surface area contributed by atoms with Crippen LogP contribution in [0.2, 0.25) is 5.02 Å². The molecule has 20 heavy (non-hydrogen) atoms. The van der Waals surface area contributed by atoms with Crippen molar-refractivity contribution in [3.63, 3.8) is 0 Å². The summed E-state index contributed by atoms with van der Waals surface area (Å²) in [6.45, 7) is 0. The fraction of sp³-hybridized carbons (Fsp3) is 0.167. The molecule has 0 aliphatic rings. The number of aryl methyl sites for hydroxylation is 1. The highest BCUT2D eigenvalue weighted by atomic mass is 79.9. The Balaban J connectivity index is 2.25. The smallest absolute Gasteiger partial charge is 0.291 e. The van der Waals surface area contributed by atoms with Crippen molar-refractivity contribution in [3.8, 4) is 10.6 Å². The third-order valence-electron chi connectivity index (χ3n) is 2.85. The second-order valence-electron chi connectivity index (χ2n) is 4.18. The lowest BCUT2D eigenvalue weighted by Gasteiger charge is -2.00. The molecule has 8 heteroatoms. The van der Waals surface area contributed by atoms with Crippen molar-refractivity contribution in [1.82, 2.24) is 14.8 Å². The second-order valence-corrected chi connectivity index (χ2v) is 6.52. The van der Waals surface area contributed by atoms with E-state index in [1.54, 1.807) is 6.07 Å². The molecule has 0 unspecified atom stereocenters. The van der Waals surface area contributed by atoms with Gasteiger partial charge in [-0.1, -0.05) is 38.9 Å². The Bertz CT molecular complexity index is 799. The van der Waals surface area contributed by atoms with Gasteiger partial charge in [0.2, 0.25) is 0 Å². The van der Waals surface area contributed by atoms with Crippen LogP contribution in [0.4, 0.5) is 8.78 Å². The van der Waals surface area contributed by atoms with Gasteiger partial charge in [0.15, 0.2) is 5.01 Å². The second kappa shape index (κ2) is 5.05. The van der Waals surface area contributed by atoms with E-state index in [0.717, 1.165) is 32.3 Å². The van der Waals surface area contributed by atoms with Crippen LogP contribution in [0.15, 0.2) is 22.8 Å². The van der Waals surface area contributed by atoms with E-state index in [2.05, 4.69) is 26.1 Å². The molecule has 0 saturated carbocycles. The number of nitrogens with zero attached hydrogens (tertiary/aromatic N) is 3. The maximum atomic E-state index is 12.6. The van der Waals surface area contributed by atoms with E-state index in [1.807, 2.05) is 23.9 Å². The molecule has 3 nitrogen and oxygen atoms in total. The molecule has 0 amide bonds. The molecule has 0 fully saturated rings. The lowest BCUT2D eigenvalue weighted by molar-refractivity contribution is 0.150. The van der Waals surface area contributed by atoms with Crippen LogP contribution in [-0.4, -0.2) is 14.8 Å². The van der Waals surface area contributed by atoms with Crippen LogP contribution in [0.5, 0.6) is 0 Å². The van der Waals surface area contributed by atoms with Gasteiger partial charge in [-0.05, 0) is 12.1 Å². The molecule has 104 valence electrons. The lowest BCUT2D eigenvalue weighted by Crippen LogP contribution is -1.84. The van der Waals surface area contributed by atoms with Crippen molar-refractivity contribution >= 4 is 49.8 Å². The molecule has 0 N–H and O–H groups in total. The Morgan fingerprint density at radius 2 is 2.10 bits per heavy atom. The molecular weight excluding hydrogens is 372 g/mol. The van der Waals surface area contributed by atoms with Crippen molar-refractivity contribution in [2.45, 2.75) is 6.43 Å². The summed E-state index contributed by atoms with van der Waals surface area (Å²) in [4.78, 5) is 0. The fourth-order valence-electron chi connectivity index (χ4n) is 2.06. The zero-order chi connectivity index (χ0) is 14.4. The lowest BCUT2D eigenvalue weighted by atomic mass is 10.2. The van der Waals surface area contributed by atoms with Crippen LogP contribution >= 0.6 is 38.9 Å². The van der Waals surface area contributed by atoms with E-state index >= 15 is 0 Å². The molecule has 0 radical (unpaired) electrons. The Labute approximate surface area is 130 Å². The molecule has 2 heterocycles. The highest BCUT2D eigenvalue weighted by Crippen LogP contribution is 2.38. The number of alkyl halides is 2. The molecule has 0 atom stereocenters. The van der Waals surface area contributed by atoms with E-state index in [0.29, 0.717) is 10.0 Å². The molecule has 3 rings (SSSR count). The third kappa shape index (κ3) is 2.23. The Kier molecular flexibility index (Phi) is 3.51. The van der Waals surface area contributed by atoms with Gasteiger partial charge in [0, 0.05) is 28.7 Å². The van der Waals surface area contributed by atoms with Gasteiger partial charge in [0.1, 0.15) is 5.01 Å². The Morgan fingerprint density at radius 3 is 2.75 bits per heavy atom. The molecule has 2 aromatic heterocycles. The number of aromatic nitrogens is 3. The number of hydrogen-bond acceptors (Lipinski definition) is 3. The van der Waals surface area contributed by atoms with Crippen molar-refractivity contribution < 1.29 is 8.78 Å². The van der Waals surface area contributed by atoms with Crippen molar-refractivity contribution in [2.75, 3.05) is 0 Å². The van der Waals surface area contributed by atoms with Gasteiger partial charge in [-0.25, -0.2) is 8.78 Å². The minimum absolute atomic E-state index is 0.280. The van der Waals surface area contributed by atoms with E-state index in [9.17, 15) is 8.78 Å². The minimum atomic E-state index is -2.61. The molecule has 1 aromatic carbocycles. The molecule has 3 aromatic rings. The number of hydrogen-bond donors (Lipinski definition) is 0. The summed E-state index contributed by atoms with van der Waals surface area (Å²) >= 11 is 10.5. The van der Waals surface area contributed by atoms with Crippen LogP contribution in [0.1, 0.15) is 11.4 Å². The summed E-state index contributed by atoms with van der Waals surface area (Å²) < 4.78 is 27.9. The largest absolute Gasteiger partial charge is 0.349 e. The molecular formula is C12H7BrClF2N3S. The molecule has 0 bridgehead atoms. The topological polar surface area (TPSA) is 30.7 Å². The minimum Gasteiger partial charge on any atom is -0.349 e. The van der Waals surface area contributed by atoms with Gasteiger partial charge >= 0.3 is 0 Å². The van der Waals surface area contributed by atoms with Gasteiger partial charge in [-0.15, -0.1) is 10.2 Å². The van der Waals surface area contributed by atoms with Gasteiger partial charge in [-0.2, -0.15) is 0 Å². The number of benzene rings is 1. The maximum absolute atomic E-state index is 12.6. The standard InChI is InChI=1S/C12H7BrClF2N3S/c1-19-4-7(11-17-18-12(20-11)10(15)16)6-2-5(13)3-8(14)9(6)19/h2-4,10H,1H3. The predicted octanol–water partition coefficient (Wildman–Crippen LogP) is 5.05. The summed E-state index contributed by atoms with van der Waals surface area (Å²) in [6, 6.07) is 3.68. The highest BCUT2D eigenvalue weighted by molar-refractivity contribution is 9.10. The van der Waals surface area contributed by atoms with Crippen LogP contribution in [-0.2, 0) is 7.05 Å². The van der Waals surface area contributed by atoms with E-state index in [4.69, 9.17) is 11.6 Å². The van der Waals surface area contributed by atoms with E-state index in [-0.39, 0.29) is 5.01 Å². The summed E-state index contributed by atoms with van der Waals surface area (Å²) in [5.74, 6) is 0. The first-order chi connectivity index (χ1) is 9.47. The Hall–Kier alpha value is -1.05. The van der Waals surface area contributed by atoms with Crippen molar-refractivity contribution in [2.24, 2.45) is 7.05 Å². The van der Waals surface area contributed by atoms with E-state index < -0.39 is 6.43 Å². The summed E-state index contributed by atoms with van der Waals surface area (Å²) in [7, 11) is 1.85. The molecule has 0 aliphatic carbocycles. The summed E-state index contributed by atoms with van der Waals surface area (Å²) in [5.41, 5.74) is 1.58. The number of rotatable bonds is 2. The third-order valence-corrected chi connectivity index (χ3v) is 4.56. The number of halogens is 4. The molecule has 0 spiro atoms. The maximum Gasteiger partial charge on any atom is 0.291 e. The summed E-state index contributed by atoms with van der Waals surface area (Å²) in [5, 5.41) is 8.98. The average Bonchev–Trinajstić information content (AvgIpc) is 2.94. The van der Waals surface area contributed by atoms with Crippen LogP contribution in [0.3, 0.4) is 0 Å². The zero-order valence-electron chi connectivity index (χ0n) is 10.1. The van der Waals surface area contributed by atoms with Crippen molar-refractivity contribution in [1.29, 1.82) is 0 Å². The van der Waals surface area contributed by atoms with Crippen LogP contribution < -0.4 is 0 Å². The quantitative estimate of drug-likeness (QED) is 0.625. The molecule has 0 aliphatic heterocycles. The fourth-order valence-corrected chi connectivity index (χ4v) is 3.72. The number of fused-ring (bicyclic) bond motifs is 1. The van der Waals surface area contributed by atoms with Crippen LogP contribution in [0.25, 0.3) is 21.5 Å². The predicted molar refractivity (Wildman–Crippen MR) is 79.5 cm³/mol. The van der Waals surface area contributed by atoms with Gasteiger partial charge in [-0.3, -0.25) is 0 Å². The summed E-state index contributed by atoms with van der Waals surface area (Å²) in [6.07, 6.45) is -0.787. The average molecular weight is 379 g/mol. The van der Waals surface area contributed by atoms with Gasteiger partial charge < -0.3 is 4.57 Å². The Morgan fingerprint density at radius 1 is 1.35 bits per heavy atom. The van der Waals surface area contributed by atoms with Crippen LogP contribution in [0, 0.1) is 0 Å². The zero-order valence-corrected chi connectivity index (χ0v) is 13.2. The first-order valence-corrected chi connectivity index (χ1v) is 7.52.